The van der Waals surface area contributed by atoms with Crippen molar-refractivity contribution >= 4 is 22.6 Å². The van der Waals surface area contributed by atoms with E-state index < -0.39 is 0 Å². The Morgan fingerprint density at radius 1 is 1.10 bits per heavy atom. The highest BCUT2D eigenvalue weighted by Crippen LogP contribution is 2.26. The zero-order chi connectivity index (χ0) is 20.5. The van der Waals surface area contributed by atoms with Crippen molar-refractivity contribution in [3.63, 3.8) is 0 Å². The maximum absolute atomic E-state index is 13.3. The van der Waals surface area contributed by atoms with Gasteiger partial charge in [0.1, 0.15) is 0 Å². The lowest BCUT2D eigenvalue weighted by Gasteiger charge is -2.13. The standard InChI is InChI=1S/C21H23N7O/c1-13(2)18-11-15(16-12-24-28(14(3)4)19(16)25-18)21(29)26-17-7-5-8-22-20(17)27-10-6-9-23-27/h5-14H,1-4H3,(H,26,29). The van der Waals surface area contributed by atoms with Crippen molar-refractivity contribution < 1.29 is 4.79 Å². The summed E-state index contributed by atoms with van der Waals surface area (Å²) in [5.74, 6) is 0.501. The molecule has 29 heavy (non-hydrogen) atoms. The average molecular weight is 389 g/mol. The van der Waals surface area contributed by atoms with Crippen LogP contribution in [0.25, 0.3) is 16.9 Å². The van der Waals surface area contributed by atoms with Crippen molar-refractivity contribution in [2.24, 2.45) is 0 Å². The van der Waals surface area contributed by atoms with Crippen LogP contribution >= 0.6 is 0 Å². The zero-order valence-corrected chi connectivity index (χ0v) is 16.9. The Balaban J connectivity index is 1.79. The number of carbonyl (C=O) groups is 1. The molecule has 0 aliphatic heterocycles. The minimum Gasteiger partial charge on any atom is -0.319 e. The number of aromatic nitrogens is 6. The normalized spacial score (nSPS) is 11.5. The fraction of sp³-hybridized carbons (Fsp3) is 0.286. The van der Waals surface area contributed by atoms with Crippen LogP contribution in [0, 0.1) is 0 Å². The number of hydrogen-bond donors (Lipinski definition) is 1. The van der Waals surface area contributed by atoms with Crippen LogP contribution in [-0.2, 0) is 0 Å². The van der Waals surface area contributed by atoms with Gasteiger partial charge in [0.25, 0.3) is 5.91 Å². The highest BCUT2D eigenvalue weighted by molar-refractivity contribution is 6.12. The third kappa shape index (κ3) is 3.49. The first-order chi connectivity index (χ1) is 14.0. The Kier molecular flexibility index (Phi) is 4.84. The molecule has 8 nitrogen and oxygen atoms in total. The summed E-state index contributed by atoms with van der Waals surface area (Å²) in [6.07, 6.45) is 6.83. The smallest absolute Gasteiger partial charge is 0.256 e. The van der Waals surface area contributed by atoms with E-state index >= 15 is 0 Å². The molecular formula is C21H23N7O. The van der Waals surface area contributed by atoms with Gasteiger partial charge in [-0.15, -0.1) is 0 Å². The molecule has 1 amide bonds. The fourth-order valence-electron chi connectivity index (χ4n) is 3.16. The van der Waals surface area contributed by atoms with E-state index in [2.05, 4.69) is 34.3 Å². The van der Waals surface area contributed by atoms with Crippen molar-refractivity contribution in [3.8, 4) is 5.82 Å². The molecule has 0 aliphatic carbocycles. The molecule has 0 radical (unpaired) electrons. The topological polar surface area (TPSA) is 90.5 Å². The predicted molar refractivity (Wildman–Crippen MR) is 111 cm³/mol. The summed E-state index contributed by atoms with van der Waals surface area (Å²) in [7, 11) is 0. The Hall–Kier alpha value is -3.55. The second-order valence-corrected chi connectivity index (χ2v) is 7.45. The van der Waals surface area contributed by atoms with Crippen molar-refractivity contribution in [3.05, 3.63) is 60.3 Å². The van der Waals surface area contributed by atoms with Gasteiger partial charge in [0.2, 0.25) is 0 Å². The third-order valence-corrected chi connectivity index (χ3v) is 4.67. The lowest BCUT2D eigenvalue weighted by molar-refractivity contribution is 0.102. The Labute approximate surface area is 168 Å². The minimum absolute atomic E-state index is 0.142. The van der Waals surface area contributed by atoms with E-state index in [9.17, 15) is 4.79 Å². The molecule has 0 saturated carbocycles. The molecule has 0 unspecified atom stereocenters. The van der Waals surface area contributed by atoms with Gasteiger partial charge in [-0.3, -0.25) is 4.79 Å². The largest absolute Gasteiger partial charge is 0.319 e. The molecule has 4 heterocycles. The van der Waals surface area contributed by atoms with Crippen LogP contribution in [0.15, 0.2) is 49.1 Å². The lowest BCUT2D eigenvalue weighted by atomic mass is 10.0. The maximum atomic E-state index is 13.3. The van der Waals surface area contributed by atoms with Crippen LogP contribution in [0.1, 0.15) is 55.7 Å². The minimum atomic E-state index is -0.232. The molecule has 4 rings (SSSR count). The first kappa shape index (κ1) is 18.8. The van der Waals surface area contributed by atoms with Gasteiger partial charge in [0.05, 0.1) is 22.8 Å². The highest BCUT2D eigenvalue weighted by Gasteiger charge is 2.20. The molecule has 0 saturated heterocycles. The van der Waals surface area contributed by atoms with Crippen LogP contribution in [-0.4, -0.2) is 35.4 Å². The summed E-state index contributed by atoms with van der Waals surface area (Å²) in [6, 6.07) is 7.38. The molecule has 8 heteroatoms. The lowest BCUT2D eigenvalue weighted by Crippen LogP contribution is -2.16. The summed E-state index contributed by atoms with van der Waals surface area (Å²) < 4.78 is 3.46. The summed E-state index contributed by atoms with van der Waals surface area (Å²) in [4.78, 5) is 22.4. The SMILES string of the molecule is CC(C)c1cc(C(=O)Nc2cccnc2-n2cccn2)c2cnn(C(C)C)c2n1. The monoisotopic (exact) mass is 389 g/mol. The van der Waals surface area contributed by atoms with Gasteiger partial charge >= 0.3 is 0 Å². The molecule has 0 spiro atoms. The van der Waals surface area contributed by atoms with E-state index in [0.29, 0.717) is 17.1 Å². The number of nitrogens with zero attached hydrogens (tertiary/aromatic N) is 6. The molecule has 0 bridgehead atoms. The third-order valence-electron chi connectivity index (χ3n) is 4.67. The number of pyridine rings is 2. The van der Waals surface area contributed by atoms with Crippen LogP contribution in [0.3, 0.4) is 0 Å². The van der Waals surface area contributed by atoms with Gasteiger partial charge in [-0.25, -0.2) is 19.3 Å². The van der Waals surface area contributed by atoms with Crippen LogP contribution < -0.4 is 5.32 Å². The molecule has 0 aliphatic rings. The van der Waals surface area contributed by atoms with E-state index in [0.717, 1.165) is 16.7 Å². The fourth-order valence-corrected chi connectivity index (χ4v) is 3.16. The van der Waals surface area contributed by atoms with Gasteiger partial charge in [0.15, 0.2) is 11.5 Å². The number of nitrogens with one attached hydrogen (secondary N) is 1. The van der Waals surface area contributed by atoms with E-state index in [1.165, 1.54) is 0 Å². The van der Waals surface area contributed by atoms with Gasteiger partial charge in [-0.1, -0.05) is 13.8 Å². The van der Waals surface area contributed by atoms with Gasteiger partial charge in [-0.05, 0) is 44.0 Å². The molecule has 148 valence electrons. The zero-order valence-electron chi connectivity index (χ0n) is 16.9. The molecule has 0 atom stereocenters. The van der Waals surface area contributed by atoms with Crippen LogP contribution in [0.2, 0.25) is 0 Å². The molecule has 0 fully saturated rings. The summed E-state index contributed by atoms with van der Waals surface area (Å²) in [6.45, 7) is 8.20. The highest BCUT2D eigenvalue weighted by atomic mass is 16.1. The molecule has 0 aromatic carbocycles. The summed E-state index contributed by atoms with van der Waals surface area (Å²) >= 11 is 0. The van der Waals surface area contributed by atoms with Gasteiger partial charge in [-0.2, -0.15) is 10.2 Å². The predicted octanol–water partition coefficient (Wildman–Crippen LogP) is 3.97. The van der Waals surface area contributed by atoms with Crippen molar-refractivity contribution in [2.45, 2.75) is 39.7 Å². The molecule has 4 aromatic rings. The first-order valence-electron chi connectivity index (χ1n) is 9.60. The molecule has 1 N–H and O–H groups in total. The van der Waals surface area contributed by atoms with E-state index in [1.54, 1.807) is 41.6 Å². The van der Waals surface area contributed by atoms with Gasteiger partial charge < -0.3 is 5.32 Å². The second-order valence-electron chi connectivity index (χ2n) is 7.45. The quantitative estimate of drug-likeness (QED) is 0.558. The Bertz CT molecular complexity index is 1160. The van der Waals surface area contributed by atoms with E-state index in [1.807, 2.05) is 30.7 Å². The van der Waals surface area contributed by atoms with Gasteiger partial charge in [0, 0.05) is 30.3 Å². The van der Waals surface area contributed by atoms with E-state index in [-0.39, 0.29) is 17.9 Å². The number of hydrogen-bond acceptors (Lipinski definition) is 5. The number of rotatable bonds is 5. The molecular weight excluding hydrogens is 366 g/mol. The van der Waals surface area contributed by atoms with Crippen molar-refractivity contribution in [1.82, 2.24) is 29.5 Å². The average Bonchev–Trinajstić information content (AvgIpc) is 3.37. The van der Waals surface area contributed by atoms with Crippen molar-refractivity contribution in [1.29, 1.82) is 0 Å². The molecule has 4 aromatic heterocycles. The number of carbonyl (C=O) groups excluding carboxylic acids is 1. The number of anilines is 1. The summed E-state index contributed by atoms with van der Waals surface area (Å²) in [5.41, 5.74) is 2.69. The Morgan fingerprint density at radius 3 is 2.62 bits per heavy atom. The van der Waals surface area contributed by atoms with Crippen LogP contribution in [0.4, 0.5) is 5.69 Å². The maximum Gasteiger partial charge on any atom is 0.256 e. The van der Waals surface area contributed by atoms with Crippen LogP contribution in [0.5, 0.6) is 0 Å². The van der Waals surface area contributed by atoms with Crippen molar-refractivity contribution in [2.75, 3.05) is 5.32 Å². The van der Waals surface area contributed by atoms with E-state index in [4.69, 9.17) is 4.98 Å². The number of fused-ring (bicyclic) bond motifs is 1. The Morgan fingerprint density at radius 2 is 1.93 bits per heavy atom. The second kappa shape index (κ2) is 7.46. The summed E-state index contributed by atoms with van der Waals surface area (Å²) in [5, 5.41) is 12.4. The first-order valence-corrected chi connectivity index (χ1v) is 9.60. The number of amides is 1.